The molecule has 122 valence electrons. The van der Waals surface area contributed by atoms with Gasteiger partial charge in [-0.1, -0.05) is 64.1 Å². The van der Waals surface area contributed by atoms with Crippen LogP contribution in [-0.4, -0.2) is 16.2 Å². The van der Waals surface area contributed by atoms with Crippen LogP contribution < -0.4 is 0 Å². The van der Waals surface area contributed by atoms with Gasteiger partial charge in [-0.15, -0.1) is 0 Å². The van der Waals surface area contributed by atoms with E-state index in [1.54, 1.807) is 6.92 Å². The fraction of sp³-hybridized carbons (Fsp3) is 0.350. The van der Waals surface area contributed by atoms with Gasteiger partial charge in [0.15, 0.2) is 0 Å². The molecule has 0 amide bonds. The van der Waals surface area contributed by atoms with Crippen molar-refractivity contribution in [3.05, 3.63) is 64.2 Å². The summed E-state index contributed by atoms with van der Waals surface area (Å²) in [6.07, 6.45) is 0. The molecule has 0 heterocycles. The highest BCUT2D eigenvalue weighted by Gasteiger charge is 2.31. The van der Waals surface area contributed by atoms with E-state index in [9.17, 15) is 15.0 Å². The normalized spacial score (nSPS) is 11.7. The van der Waals surface area contributed by atoms with Crippen LogP contribution in [0.25, 0.3) is 0 Å². The standard InChI is InChI=1S/C20H24O3/c1-12(2)15-11-16(18(21)17(13(15)3)19(22)23)20(4,5)14-9-7-6-8-10-14/h6-12,21H,1-5H3,(H,22,23). The van der Waals surface area contributed by atoms with E-state index < -0.39 is 11.4 Å². The van der Waals surface area contributed by atoms with Gasteiger partial charge in [0.2, 0.25) is 0 Å². The average molecular weight is 312 g/mol. The summed E-state index contributed by atoms with van der Waals surface area (Å²) < 4.78 is 0. The van der Waals surface area contributed by atoms with Crippen molar-refractivity contribution in [3.8, 4) is 5.75 Å². The monoisotopic (exact) mass is 312 g/mol. The minimum atomic E-state index is -1.09. The van der Waals surface area contributed by atoms with Crippen molar-refractivity contribution in [3.63, 3.8) is 0 Å². The van der Waals surface area contributed by atoms with Gasteiger partial charge in [0.1, 0.15) is 11.3 Å². The zero-order chi connectivity index (χ0) is 17.4. The molecule has 0 saturated carbocycles. The fourth-order valence-corrected chi connectivity index (χ4v) is 3.14. The highest BCUT2D eigenvalue weighted by Crippen LogP contribution is 2.42. The highest BCUT2D eigenvalue weighted by atomic mass is 16.4. The van der Waals surface area contributed by atoms with Crippen LogP contribution in [0.1, 0.15) is 66.2 Å². The predicted molar refractivity (Wildman–Crippen MR) is 92.5 cm³/mol. The van der Waals surface area contributed by atoms with E-state index in [1.807, 2.05) is 64.1 Å². The summed E-state index contributed by atoms with van der Waals surface area (Å²) in [5.41, 5.74) is 2.79. The molecule has 2 aromatic rings. The zero-order valence-corrected chi connectivity index (χ0v) is 14.3. The molecule has 0 atom stereocenters. The molecule has 0 aliphatic rings. The molecule has 0 aromatic heterocycles. The maximum Gasteiger partial charge on any atom is 0.339 e. The number of phenols is 1. The van der Waals surface area contributed by atoms with E-state index in [0.29, 0.717) is 11.1 Å². The summed E-state index contributed by atoms with van der Waals surface area (Å²) in [6.45, 7) is 9.83. The van der Waals surface area contributed by atoms with E-state index in [4.69, 9.17) is 0 Å². The van der Waals surface area contributed by atoms with Gasteiger partial charge in [-0.2, -0.15) is 0 Å². The minimum Gasteiger partial charge on any atom is -0.507 e. The van der Waals surface area contributed by atoms with Crippen molar-refractivity contribution >= 4 is 5.97 Å². The van der Waals surface area contributed by atoms with E-state index in [-0.39, 0.29) is 17.2 Å². The number of rotatable bonds is 4. The molecule has 0 unspecified atom stereocenters. The summed E-state index contributed by atoms with van der Waals surface area (Å²) in [6, 6.07) is 11.8. The molecule has 0 aliphatic heterocycles. The second-order valence-electron chi connectivity index (χ2n) is 6.81. The molecule has 2 N–H and O–H groups in total. The second kappa shape index (κ2) is 6.07. The number of carbonyl (C=O) groups is 1. The molecular formula is C20H24O3. The van der Waals surface area contributed by atoms with E-state index in [1.165, 1.54) is 0 Å². The average Bonchev–Trinajstić information content (AvgIpc) is 2.47. The number of hydrogen-bond acceptors (Lipinski definition) is 2. The van der Waals surface area contributed by atoms with Crippen LogP contribution in [0.4, 0.5) is 0 Å². The summed E-state index contributed by atoms with van der Waals surface area (Å²) in [7, 11) is 0. The summed E-state index contributed by atoms with van der Waals surface area (Å²) in [4.78, 5) is 11.7. The van der Waals surface area contributed by atoms with Gasteiger partial charge in [0.25, 0.3) is 0 Å². The molecule has 0 fully saturated rings. The predicted octanol–water partition coefficient (Wildman–Crippen LogP) is 4.85. The number of benzene rings is 2. The van der Waals surface area contributed by atoms with Gasteiger partial charge in [0.05, 0.1) is 0 Å². The number of aromatic carboxylic acids is 1. The summed E-state index contributed by atoms with van der Waals surface area (Å²) >= 11 is 0. The van der Waals surface area contributed by atoms with E-state index in [2.05, 4.69) is 0 Å². The molecular weight excluding hydrogens is 288 g/mol. The molecule has 0 spiro atoms. The Balaban J connectivity index is 2.79. The number of hydrogen-bond donors (Lipinski definition) is 2. The number of carboxylic acids is 1. The quantitative estimate of drug-likeness (QED) is 0.848. The fourth-order valence-electron chi connectivity index (χ4n) is 3.14. The molecule has 2 rings (SSSR count). The van der Waals surface area contributed by atoms with E-state index >= 15 is 0 Å². The first-order chi connectivity index (χ1) is 10.7. The molecule has 2 aromatic carbocycles. The Kier molecular flexibility index (Phi) is 4.51. The van der Waals surface area contributed by atoms with Gasteiger partial charge in [0, 0.05) is 11.0 Å². The maximum absolute atomic E-state index is 11.7. The second-order valence-corrected chi connectivity index (χ2v) is 6.81. The molecule has 0 aliphatic carbocycles. The van der Waals surface area contributed by atoms with Gasteiger partial charge < -0.3 is 10.2 Å². The molecule has 0 bridgehead atoms. The Morgan fingerprint density at radius 2 is 1.70 bits per heavy atom. The Morgan fingerprint density at radius 1 is 1.13 bits per heavy atom. The van der Waals surface area contributed by atoms with Crippen LogP contribution in [0.2, 0.25) is 0 Å². The first kappa shape index (κ1) is 17.1. The maximum atomic E-state index is 11.7. The van der Waals surface area contributed by atoms with Crippen LogP contribution in [-0.2, 0) is 5.41 Å². The lowest BCUT2D eigenvalue weighted by Crippen LogP contribution is -2.21. The third-order valence-electron chi connectivity index (χ3n) is 4.60. The van der Waals surface area contributed by atoms with Gasteiger partial charge >= 0.3 is 5.97 Å². The van der Waals surface area contributed by atoms with Gasteiger partial charge in [-0.25, -0.2) is 4.79 Å². The molecule has 23 heavy (non-hydrogen) atoms. The van der Waals surface area contributed by atoms with Crippen molar-refractivity contribution < 1.29 is 15.0 Å². The van der Waals surface area contributed by atoms with Gasteiger partial charge in [-0.05, 0) is 29.5 Å². The Morgan fingerprint density at radius 3 is 2.17 bits per heavy atom. The first-order valence-electron chi connectivity index (χ1n) is 7.83. The highest BCUT2D eigenvalue weighted by molar-refractivity contribution is 5.94. The zero-order valence-electron chi connectivity index (χ0n) is 14.3. The van der Waals surface area contributed by atoms with Gasteiger partial charge in [-0.3, -0.25) is 0 Å². The smallest absolute Gasteiger partial charge is 0.339 e. The van der Waals surface area contributed by atoms with E-state index in [0.717, 1.165) is 11.1 Å². The molecule has 0 saturated heterocycles. The van der Waals surface area contributed by atoms with Crippen molar-refractivity contribution in [2.45, 2.75) is 46.0 Å². The Bertz CT molecular complexity index is 728. The van der Waals surface area contributed by atoms with Crippen molar-refractivity contribution in [1.82, 2.24) is 0 Å². The molecule has 0 radical (unpaired) electrons. The topological polar surface area (TPSA) is 57.5 Å². The number of aromatic hydroxyl groups is 1. The lowest BCUT2D eigenvalue weighted by atomic mass is 9.75. The molecule has 3 nitrogen and oxygen atoms in total. The first-order valence-corrected chi connectivity index (χ1v) is 7.83. The van der Waals surface area contributed by atoms with Crippen LogP contribution in [0.3, 0.4) is 0 Å². The number of carboxylic acid groups (broad SMARTS) is 1. The van der Waals surface area contributed by atoms with Crippen molar-refractivity contribution in [1.29, 1.82) is 0 Å². The lowest BCUT2D eigenvalue weighted by molar-refractivity contribution is 0.0692. The minimum absolute atomic E-state index is 0.00945. The Labute approximate surface area is 137 Å². The molecule has 3 heteroatoms. The van der Waals surface area contributed by atoms with Crippen molar-refractivity contribution in [2.24, 2.45) is 0 Å². The van der Waals surface area contributed by atoms with Crippen LogP contribution >= 0.6 is 0 Å². The Hall–Kier alpha value is -2.29. The SMILES string of the molecule is Cc1c(C(C)C)cc(C(C)(C)c2ccccc2)c(O)c1C(=O)O. The van der Waals surface area contributed by atoms with Crippen LogP contribution in [0.15, 0.2) is 36.4 Å². The third kappa shape index (κ3) is 2.96. The van der Waals surface area contributed by atoms with Crippen LogP contribution in [0.5, 0.6) is 5.75 Å². The third-order valence-corrected chi connectivity index (χ3v) is 4.60. The summed E-state index contributed by atoms with van der Waals surface area (Å²) in [5, 5.41) is 20.2. The van der Waals surface area contributed by atoms with Crippen molar-refractivity contribution in [2.75, 3.05) is 0 Å². The summed E-state index contributed by atoms with van der Waals surface area (Å²) in [5.74, 6) is -1.04. The lowest BCUT2D eigenvalue weighted by Gasteiger charge is -2.29. The van der Waals surface area contributed by atoms with Crippen LogP contribution in [0, 0.1) is 6.92 Å². The largest absolute Gasteiger partial charge is 0.507 e.